The lowest BCUT2D eigenvalue weighted by Gasteiger charge is -2.25. The summed E-state index contributed by atoms with van der Waals surface area (Å²) in [5.41, 5.74) is 11.0. The molecule has 0 bridgehead atoms. The Morgan fingerprint density at radius 2 is 2.00 bits per heavy atom. The van der Waals surface area contributed by atoms with E-state index in [1.165, 1.54) is 0 Å². The van der Waals surface area contributed by atoms with Gasteiger partial charge in [-0.2, -0.15) is 5.26 Å². The molecule has 0 saturated carbocycles. The number of methoxy groups -OCH3 is 1. The minimum Gasteiger partial charge on any atom is -0.496 e. The molecule has 1 aliphatic rings. The molecule has 7 nitrogen and oxygen atoms in total. The van der Waals surface area contributed by atoms with Crippen LogP contribution < -0.4 is 20.2 Å². The normalized spacial score (nSPS) is 14.8. The number of aromatic amines is 2. The van der Waals surface area contributed by atoms with E-state index in [-0.39, 0.29) is 5.88 Å². The molecule has 2 aromatic carbocycles. The number of nitrogens with two attached hydrogens (primary N) is 1. The topological polar surface area (TPSA) is 111 Å². The minimum atomic E-state index is -0.430. The van der Waals surface area contributed by atoms with Crippen molar-refractivity contribution in [2.45, 2.75) is 16.7 Å². The van der Waals surface area contributed by atoms with E-state index in [4.69, 9.17) is 15.2 Å². The second-order valence-corrected chi connectivity index (χ2v) is 8.71. The molecule has 0 aliphatic carbocycles. The van der Waals surface area contributed by atoms with Crippen LogP contribution in [0.5, 0.6) is 11.6 Å². The van der Waals surface area contributed by atoms with E-state index in [2.05, 4.69) is 27.3 Å². The molecule has 0 spiro atoms. The lowest BCUT2D eigenvalue weighted by Crippen LogP contribution is -2.21. The molecule has 4 aromatic rings. The lowest BCUT2D eigenvalue weighted by molar-refractivity contribution is -0.426. The average Bonchev–Trinajstić information content (AvgIpc) is 3.31. The number of fused-ring (bicyclic) bond motifs is 1. The fourth-order valence-electron chi connectivity index (χ4n) is 4.12. The van der Waals surface area contributed by atoms with Gasteiger partial charge in [-0.05, 0) is 23.3 Å². The molecule has 3 heterocycles. The highest BCUT2D eigenvalue weighted by atomic mass is 32.2. The zero-order valence-corrected chi connectivity index (χ0v) is 19.2. The van der Waals surface area contributed by atoms with Gasteiger partial charge in [-0.1, -0.05) is 54.2 Å². The third kappa shape index (κ3) is 3.98. The Bertz CT molecular complexity index is 1390. The first-order chi connectivity index (χ1) is 16.7. The third-order valence-corrected chi connectivity index (χ3v) is 6.72. The molecule has 1 atom stereocenters. The van der Waals surface area contributed by atoms with Gasteiger partial charge in [0.15, 0.2) is 6.20 Å². The molecule has 168 valence electrons. The number of rotatable bonds is 6. The zero-order chi connectivity index (χ0) is 23.5. The van der Waals surface area contributed by atoms with E-state index in [1.54, 1.807) is 18.9 Å². The third-order valence-electron chi connectivity index (χ3n) is 5.70. The molecule has 0 fully saturated rings. The zero-order valence-electron chi connectivity index (χ0n) is 18.4. The maximum atomic E-state index is 10.0. The van der Waals surface area contributed by atoms with Gasteiger partial charge in [0.2, 0.25) is 16.8 Å². The monoisotopic (exact) mass is 468 g/mol. The molecular formula is C26H22N5O2S+. The molecule has 2 aromatic heterocycles. The van der Waals surface area contributed by atoms with Crippen molar-refractivity contribution >= 4 is 11.8 Å². The molecule has 34 heavy (non-hydrogen) atoms. The Morgan fingerprint density at radius 3 is 2.74 bits per heavy atom. The van der Waals surface area contributed by atoms with Gasteiger partial charge in [-0.15, -0.1) is 5.10 Å². The number of nitrogens with one attached hydrogen (secondary N) is 2. The first-order valence-electron chi connectivity index (χ1n) is 10.7. The predicted octanol–water partition coefficient (Wildman–Crippen LogP) is 4.41. The number of thioether (sulfide) groups is 1. The van der Waals surface area contributed by atoms with Crippen LogP contribution in [0, 0.1) is 11.3 Å². The molecule has 0 radical (unpaired) electrons. The molecule has 1 aliphatic heterocycles. The minimum absolute atomic E-state index is 0.0664. The Morgan fingerprint density at radius 1 is 1.18 bits per heavy atom. The highest BCUT2D eigenvalue weighted by Crippen LogP contribution is 2.46. The van der Waals surface area contributed by atoms with Crippen LogP contribution in [0.4, 0.5) is 0 Å². The predicted molar refractivity (Wildman–Crippen MR) is 129 cm³/mol. The van der Waals surface area contributed by atoms with Gasteiger partial charge in [0.25, 0.3) is 0 Å². The summed E-state index contributed by atoms with van der Waals surface area (Å²) in [5.74, 6) is 1.49. The Balaban J connectivity index is 1.60. The fourth-order valence-corrected chi connectivity index (χ4v) is 4.98. The Labute approximate surface area is 201 Å². The molecule has 5 rings (SSSR count). The number of aromatic nitrogens is 3. The van der Waals surface area contributed by atoms with Gasteiger partial charge < -0.3 is 15.2 Å². The van der Waals surface area contributed by atoms with Crippen LogP contribution in [0.25, 0.3) is 11.3 Å². The SMILES string of the molecule is COc1ccc(C2C(C#N)=C(N)Oc3n[nH]c(-c4ccccc4)c32)cc1CSc1cccc[nH+]1. The van der Waals surface area contributed by atoms with Crippen molar-refractivity contribution in [3.8, 4) is 29.0 Å². The average molecular weight is 469 g/mol. The highest BCUT2D eigenvalue weighted by molar-refractivity contribution is 7.98. The summed E-state index contributed by atoms with van der Waals surface area (Å²) in [6.07, 6.45) is 1.90. The first kappa shape index (κ1) is 21.6. The van der Waals surface area contributed by atoms with Crippen molar-refractivity contribution in [2.24, 2.45) is 5.73 Å². The number of hydrogen-bond donors (Lipinski definition) is 2. The molecule has 0 amide bonds. The standard InChI is InChI=1S/C26H21N5O2S/c1-32-20-11-10-17(13-18(20)15-34-21-9-5-6-12-29-21)22-19(14-27)25(28)33-26-23(22)24(30-31-26)16-7-3-2-4-8-16/h2-13,22H,15,28H2,1H3,(H,30,31)/p+1. The number of benzene rings is 2. The lowest BCUT2D eigenvalue weighted by atomic mass is 9.82. The number of pyridine rings is 1. The van der Waals surface area contributed by atoms with Gasteiger partial charge in [-0.25, -0.2) is 4.98 Å². The van der Waals surface area contributed by atoms with Crippen LogP contribution in [0.1, 0.15) is 22.6 Å². The first-order valence-corrected chi connectivity index (χ1v) is 11.7. The number of nitrogens with zero attached hydrogens (tertiary/aromatic N) is 2. The number of ether oxygens (including phenoxy) is 2. The largest absolute Gasteiger partial charge is 0.496 e. The van der Waals surface area contributed by atoms with E-state index in [0.717, 1.165) is 38.7 Å². The molecule has 1 unspecified atom stereocenters. The van der Waals surface area contributed by atoms with Crippen LogP contribution in [-0.4, -0.2) is 17.3 Å². The maximum absolute atomic E-state index is 10.0. The highest BCUT2D eigenvalue weighted by Gasteiger charge is 2.36. The summed E-state index contributed by atoms with van der Waals surface area (Å²) in [6.45, 7) is 0. The molecular weight excluding hydrogens is 446 g/mol. The van der Waals surface area contributed by atoms with Gasteiger partial charge in [0, 0.05) is 23.4 Å². The van der Waals surface area contributed by atoms with Crippen LogP contribution in [-0.2, 0) is 5.75 Å². The number of allylic oxidation sites excluding steroid dienone is 1. The molecule has 4 N–H and O–H groups in total. The second-order valence-electron chi connectivity index (χ2n) is 7.70. The van der Waals surface area contributed by atoms with Crippen LogP contribution >= 0.6 is 11.8 Å². The fraction of sp³-hybridized carbons (Fsp3) is 0.115. The summed E-state index contributed by atoms with van der Waals surface area (Å²) in [7, 11) is 1.66. The van der Waals surface area contributed by atoms with Crippen molar-refractivity contribution in [1.29, 1.82) is 5.26 Å². The van der Waals surface area contributed by atoms with E-state index < -0.39 is 5.92 Å². The van der Waals surface area contributed by atoms with Crippen LogP contribution in [0.2, 0.25) is 0 Å². The van der Waals surface area contributed by atoms with E-state index in [9.17, 15) is 5.26 Å². The van der Waals surface area contributed by atoms with Crippen molar-refractivity contribution in [2.75, 3.05) is 7.11 Å². The second kappa shape index (κ2) is 9.33. The van der Waals surface area contributed by atoms with Crippen LogP contribution in [0.15, 0.2) is 89.4 Å². The van der Waals surface area contributed by atoms with Crippen molar-refractivity contribution in [3.63, 3.8) is 0 Å². The quantitative estimate of drug-likeness (QED) is 0.406. The van der Waals surface area contributed by atoms with Gasteiger partial charge in [0.05, 0.1) is 24.3 Å². The van der Waals surface area contributed by atoms with E-state index in [0.29, 0.717) is 17.2 Å². The summed E-state index contributed by atoms with van der Waals surface area (Å²) >= 11 is 1.67. The van der Waals surface area contributed by atoms with Gasteiger partial charge in [-0.3, -0.25) is 5.10 Å². The van der Waals surface area contributed by atoms with Gasteiger partial charge >= 0.3 is 0 Å². The smallest absolute Gasteiger partial charge is 0.244 e. The molecule has 0 saturated heterocycles. The Hall–Kier alpha value is -4.22. The summed E-state index contributed by atoms with van der Waals surface area (Å²) in [4.78, 5) is 3.24. The summed E-state index contributed by atoms with van der Waals surface area (Å²) in [6, 6.07) is 24.1. The molecule has 8 heteroatoms. The number of nitriles is 1. The van der Waals surface area contributed by atoms with E-state index >= 15 is 0 Å². The van der Waals surface area contributed by atoms with Crippen molar-refractivity contribution < 1.29 is 14.5 Å². The van der Waals surface area contributed by atoms with Gasteiger partial charge in [0.1, 0.15) is 17.4 Å². The Kier molecular flexibility index (Phi) is 5.93. The van der Waals surface area contributed by atoms with E-state index in [1.807, 2.05) is 66.9 Å². The summed E-state index contributed by atoms with van der Waals surface area (Å²) < 4.78 is 11.4. The number of hydrogen-bond acceptors (Lipinski definition) is 6. The van der Waals surface area contributed by atoms with Crippen LogP contribution in [0.3, 0.4) is 0 Å². The number of H-pyrrole nitrogens is 2. The summed E-state index contributed by atoms with van der Waals surface area (Å²) in [5, 5.41) is 18.5. The maximum Gasteiger partial charge on any atom is 0.244 e. The van der Waals surface area contributed by atoms with Crippen molar-refractivity contribution in [3.05, 3.63) is 101 Å². The van der Waals surface area contributed by atoms with Crippen molar-refractivity contribution in [1.82, 2.24) is 10.2 Å².